The molecule has 2 rings (SSSR count). The molecule has 0 heterocycles. The Labute approximate surface area is 96.6 Å². The van der Waals surface area contributed by atoms with Crippen molar-refractivity contribution in [2.24, 2.45) is 5.73 Å². The summed E-state index contributed by atoms with van der Waals surface area (Å²) in [5, 5.41) is 0.920. The Hall–Kier alpha value is -0.530. The summed E-state index contributed by atoms with van der Waals surface area (Å²) in [5.74, 6) is 0. The van der Waals surface area contributed by atoms with Crippen molar-refractivity contribution >= 4 is 11.6 Å². The number of aryl methyl sites for hydroxylation is 1. The van der Waals surface area contributed by atoms with Gasteiger partial charge in [-0.25, -0.2) is 0 Å². The zero-order valence-corrected chi connectivity index (χ0v) is 9.98. The summed E-state index contributed by atoms with van der Waals surface area (Å²) in [4.78, 5) is 0. The number of hydrogen-bond donors (Lipinski definition) is 1. The van der Waals surface area contributed by atoms with E-state index in [9.17, 15) is 0 Å². The van der Waals surface area contributed by atoms with E-state index in [1.807, 2.05) is 12.1 Å². The fourth-order valence-corrected chi connectivity index (χ4v) is 3.23. The van der Waals surface area contributed by atoms with Gasteiger partial charge in [0.15, 0.2) is 0 Å². The van der Waals surface area contributed by atoms with Gasteiger partial charge in [0, 0.05) is 5.02 Å². The molecule has 0 saturated heterocycles. The zero-order chi connectivity index (χ0) is 10.9. The Bertz CT molecular complexity index is 335. The summed E-state index contributed by atoms with van der Waals surface area (Å²) >= 11 is 6.32. The number of benzene rings is 1. The molecule has 0 bridgehead atoms. The van der Waals surface area contributed by atoms with E-state index in [-0.39, 0.29) is 5.41 Å². The average molecular weight is 224 g/mol. The molecule has 1 fully saturated rings. The van der Waals surface area contributed by atoms with Crippen molar-refractivity contribution in [3.05, 3.63) is 34.3 Å². The van der Waals surface area contributed by atoms with Crippen molar-refractivity contribution in [1.29, 1.82) is 0 Å². The molecule has 0 aliphatic heterocycles. The van der Waals surface area contributed by atoms with Crippen LogP contribution in [0.3, 0.4) is 0 Å². The molecule has 1 aromatic rings. The van der Waals surface area contributed by atoms with Gasteiger partial charge in [-0.15, -0.1) is 0 Å². The van der Waals surface area contributed by atoms with Gasteiger partial charge in [0.2, 0.25) is 0 Å². The van der Waals surface area contributed by atoms with Crippen LogP contribution in [0.15, 0.2) is 18.2 Å². The molecule has 1 aliphatic carbocycles. The molecule has 0 spiro atoms. The van der Waals surface area contributed by atoms with E-state index >= 15 is 0 Å². The van der Waals surface area contributed by atoms with Crippen LogP contribution in [0.4, 0.5) is 0 Å². The van der Waals surface area contributed by atoms with Crippen LogP contribution in [0.2, 0.25) is 5.02 Å². The van der Waals surface area contributed by atoms with Crippen molar-refractivity contribution in [2.75, 3.05) is 6.54 Å². The van der Waals surface area contributed by atoms with Crippen molar-refractivity contribution in [3.8, 4) is 0 Å². The fraction of sp³-hybridized carbons (Fsp3) is 0.538. The minimum Gasteiger partial charge on any atom is -0.330 e. The van der Waals surface area contributed by atoms with Gasteiger partial charge in [-0.1, -0.05) is 30.2 Å². The Kier molecular flexibility index (Phi) is 3.03. The van der Waals surface area contributed by atoms with Crippen molar-refractivity contribution in [2.45, 2.75) is 38.0 Å². The van der Waals surface area contributed by atoms with E-state index in [2.05, 4.69) is 13.0 Å². The Morgan fingerprint density at radius 1 is 1.40 bits per heavy atom. The minimum absolute atomic E-state index is 0.289. The highest BCUT2D eigenvalue weighted by atomic mass is 35.5. The number of nitrogens with two attached hydrogens (primary N) is 1. The second-order valence-electron chi connectivity index (χ2n) is 4.60. The molecule has 0 unspecified atom stereocenters. The smallest absolute Gasteiger partial charge is 0.0446 e. The highest BCUT2D eigenvalue weighted by Crippen LogP contribution is 2.49. The quantitative estimate of drug-likeness (QED) is 0.835. The van der Waals surface area contributed by atoms with E-state index < -0.39 is 0 Å². The number of rotatable bonds is 3. The maximum atomic E-state index is 6.32. The van der Waals surface area contributed by atoms with Gasteiger partial charge in [-0.05, 0) is 55.3 Å². The van der Waals surface area contributed by atoms with Crippen molar-refractivity contribution in [1.82, 2.24) is 0 Å². The molecule has 1 nitrogen and oxygen atoms in total. The number of hydrogen-bond acceptors (Lipinski definition) is 1. The molecule has 2 heteroatoms. The Balaban J connectivity index is 2.42. The van der Waals surface area contributed by atoms with Crippen LogP contribution in [0.25, 0.3) is 0 Å². The average Bonchev–Trinajstić information content (AvgIpc) is 2.13. The summed E-state index contributed by atoms with van der Waals surface area (Å²) in [6, 6.07) is 6.17. The molecule has 1 aromatic carbocycles. The van der Waals surface area contributed by atoms with E-state index in [1.165, 1.54) is 30.4 Å². The summed E-state index contributed by atoms with van der Waals surface area (Å²) in [6.45, 7) is 2.91. The topological polar surface area (TPSA) is 26.0 Å². The van der Waals surface area contributed by atoms with Gasteiger partial charge in [0.05, 0.1) is 0 Å². The molecular weight excluding hydrogens is 206 g/mol. The molecule has 0 amide bonds. The van der Waals surface area contributed by atoms with E-state index in [1.54, 1.807) is 0 Å². The van der Waals surface area contributed by atoms with Gasteiger partial charge in [0.25, 0.3) is 0 Å². The fourth-order valence-electron chi connectivity index (χ4n) is 2.81. The molecule has 15 heavy (non-hydrogen) atoms. The van der Waals surface area contributed by atoms with Gasteiger partial charge >= 0.3 is 0 Å². The van der Waals surface area contributed by atoms with Gasteiger partial charge in [-0.2, -0.15) is 0 Å². The van der Waals surface area contributed by atoms with E-state index in [0.717, 1.165) is 18.0 Å². The third-order valence-corrected chi connectivity index (χ3v) is 4.00. The third-order valence-electron chi connectivity index (χ3n) is 3.69. The van der Waals surface area contributed by atoms with E-state index in [4.69, 9.17) is 17.3 Å². The van der Waals surface area contributed by atoms with Crippen LogP contribution in [0.1, 0.15) is 36.8 Å². The summed E-state index contributed by atoms with van der Waals surface area (Å²) in [6.07, 6.45) is 4.87. The molecule has 1 saturated carbocycles. The van der Waals surface area contributed by atoms with E-state index in [0.29, 0.717) is 0 Å². The normalized spacial score (nSPS) is 18.6. The van der Waals surface area contributed by atoms with Crippen molar-refractivity contribution < 1.29 is 0 Å². The highest BCUT2D eigenvalue weighted by molar-refractivity contribution is 6.31. The minimum atomic E-state index is 0.289. The van der Waals surface area contributed by atoms with Gasteiger partial charge < -0.3 is 5.73 Å². The summed E-state index contributed by atoms with van der Waals surface area (Å²) < 4.78 is 0. The third kappa shape index (κ3) is 1.79. The van der Waals surface area contributed by atoms with Crippen LogP contribution in [-0.2, 0) is 5.41 Å². The Morgan fingerprint density at radius 3 is 2.60 bits per heavy atom. The van der Waals surface area contributed by atoms with Crippen LogP contribution in [0, 0.1) is 6.92 Å². The maximum Gasteiger partial charge on any atom is 0.0446 e. The van der Waals surface area contributed by atoms with Crippen LogP contribution >= 0.6 is 11.6 Å². The van der Waals surface area contributed by atoms with Crippen LogP contribution < -0.4 is 5.73 Å². The van der Waals surface area contributed by atoms with Crippen LogP contribution in [-0.4, -0.2) is 6.54 Å². The lowest BCUT2D eigenvalue weighted by atomic mass is 9.61. The first-order valence-electron chi connectivity index (χ1n) is 5.65. The second-order valence-corrected chi connectivity index (χ2v) is 5.01. The molecule has 0 atom stereocenters. The summed E-state index contributed by atoms with van der Waals surface area (Å²) in [7, 11) is 0. The largest absolute Gasteiger partial charge is 0.330 e. The monoisotopic (exact) mass is 223 g/mol. The lowest BCUT2D eigenvalue weighted by Crippen LogP contribution is -2.37. The highest BCUT2D eigenvalue weighted by Gasteiger charge is 2.39. The lowest BCUT2D eigenvalue weighted by molar-refractivity contribution is 0.228. The summed E-state index contributed by atoms with van der Waals surface area (Å²) in [5.41, 5.74) is 8.67. The first-order valence-corrected chi connectivity index (χ1v) is 6.03. The van der Waals surface area contributed by atoms with Gasteiger partial charge in [0.1, 0.15) is 0 Å². The molecule has 1 aliphatic rings. The maximum absolute atomic E-state index is 6.32. The van der Waals surface area contributed by atoms with Crippen molar-refractivity contribution in [3.63, 3.8) is 0 Å². The standard InChI is InChI=1S/C13H18ClN/c1-10-4-2-5-11(14)12(10)13(8-9-15)6-3-7-13/h2,4-5H,3,6-9,15H2,1H3. The second kappa shape index (κ2) is 4.15. The first kappa shape index (κ1) is 11.0. The molecule has 2 N–H and O–H groups in total. The predicted molar refractivity (Wildman–Crippen MR) is 65.4 cm³/mol. The molecule has 0 aromatic heterocycles. The number of halogens is 1. The molecular formula is C13H18ClN. The molecule has 0 radical (unpaired) electrons. The first-order chi connectivity index (χ1) is 7.19. The SMILES string of the molecule is Cc1cccc(Cl)c1C1(CCN)CCC1. The van der Waals surface area contributed by atoms with Crippen LogP contribution in [0.5, 0.6) is 0 Å². The predicted octanol–water partition coefficient (Wildman–Crippen LogP) is 3.42. The molecule has 82 valence electrons. The lowest BCUT2D eigenvalue weighted by Gasteiger charge is -2.44. The zero-order valence-electron chi connectivity index (χ0n) is 9.22. The van der Waals surface area contributed by atoms with Gasteiger partial charge in [-0.3, -0.25) is 0 Å². The Morgan fingerprint density at radius 2 is 2.13 bits per heavy atom.